The quantitative estimate of drug-likeness (QED) is 0.853. The summed E-state index contributed by atoms with van der Waals surface area (Å²) < 4.78 is 6.72. The molecule has 0 aromatic heterocycles. The number of hydrogen-bond acceptors (Lipinski definition) is 3. The van der Waals surface area contributed by atoms with Crippen molar-refractivity contribution in [2.24, 2.45) is 0 Å². The van der Waals surface area contributed by atoms with Crippen molar-refractivity contribution in [2.45, 2.75) is 6.92 Å². The number of benzene rings is 2. The Labute approximate surface area is 114 Å². The predicted molar refractivity (Wildman–Crippen MR) is 74.5 cm³/mol. The molecule has 0 aliphatic heterocycles. The van der Waals surface area contributed by atoms with Gasteiger partial charge in [-0.1, -0.05) is 15.9 Å². The second-order valence-electron chi connectivity index (χ2n) is 3.87. The number of ether oxygens (including phenoxy) is 1. The van der Waals surface area contributed by atoms with Crippen LogP contribution in [0.2, 0.25) is 0 Å². The molecular formula is C14H11BrN2O. The van der Waals surface area contributed by atoms with Gasteiger partial charge in [-0.15, -0.1) is 0 Å². The lowest BCUT2D eigenvalue weighted by atomic mass is 10.2. The zero-order valence-electron chi connectivity index (χ0n) is 9.77. The summed E-state index contributed by atoms with van der Waals surface area (Å²) in [5.41, 5.74) is 7.61. The Kier molecular flexibility index (Phi) is 3.54. The average Bonchev–Trinajstić information content (AvgIpc) is 2.36. The van der Waals surface area contributed by atoms with E-state index in [4.69, 9.17) is 15.7 Å². The van der Waals surface area contributed by atoms with Gasteiger partial charge in [-0.05, 0) is 42.8 Å². The van der Waals surface area contributed by atoms with Gasteiger partial charge < -0.3 is 10.5 Å². The second kappa shape index (κ2) is 5.11. The van der Waals surface area contributed by atoms with Crippen LogP contribution in [0.15, 0.2) is 40.9 Å². The van der Waals surface area contributed by atoms with Gasteiger partial charge in [-0.3, -0.25) is 0 Å². The second-order valence-corrected chi connectivity index (χ2v) is 4.73. The fourth-order valence-corrected chi connectivity index (χ4v) is 1.76. The van der Waals surface area contributed by atoms with Crippen LogP contribution in [0.1, 0.15) is 11.1 Å². The van der Waals surface area contributed by atoms with Crippen molar-refractivity contribution in [2.75, 3.05) is 5.73 Å². The highest BCUT2D eigenvalue weighted by molar-refractivity contribution is 9.10. The lowest BCUT2D eigenvalue weighted by Gasteiger charge is -2.08. The van der Waals surface area contributed by atoms with E-state index in [1.807, 2.05) is 31.2 Å². The number of nitriles is 1. The maximum Gasteiger partial charge on any atom is 0.128 e. The minimum absolute atomic E-state index is 0.418. The molecule has 18 heavy (non-hydrogen) atoms. The minimum Gasteiger partial charge on any atom is -0.457 e. The highest BCUT2D eigenvalue weighted by atomic mass is 79.9. The molecule has 0 aliphatic carbocycles. The van der Waals surface area contributed by atoms with Crippen molar-refractivity contribution >= 4 is 21.6 Å². The molecule has 3 nitrogen and oxygen atoms in total. The molecule has 0 bridgehead atoms. The van der Waals surface area contributed by atoms with E-state index in [0.29, 0.717) is 17.0 Å². The minimum atomic E-state index is 0.418. The first-order chi connectivity index (χ1) is 8.60. The van der Waals surface area contributed by atoms with Gasteiger partial charge in [-0.2, -0.15) is 5.26 Å². The van der Waals surface area contributed by atoms with E-state index in [9.17, 15) is 0 Å². The number of rotatable bonds is 2. The summed E-state index contributed by atoms with van der Waals surface area (Å²) in [6, 6.07) is 12.8. The Morgan fingerprint density at radius 1 is 1.17 bits per heavy atom. The molecule has 0 atom stereocenters. The lowest BCUT2D eigenvalue weighted by Crippen LogP contribution is -1.92. The van der Waals surface area contributed by atoms with Crippen LogP contribution < -0.4 is 10.5 Å². The van der Waals surface area contributed by atoms with Gasteiger partial charge in [0, 0.05) is 16.2 Å². The van der Waals surface area contributed by atoms with Crippen LogP contribution in [0.3, 0.4) is 0 Å². The van der Waals surface area contributed by atoms with E-state index in [-0.39, 0.29) is 0 Å². The zero-order chi connectivity index (χ0) is 13.1. The monoisotopic (exact) mass is 302 g/mol. The van der Waals surface area contributed by atoms with Gasteiger partial charge in [0.1, 0.15) is 17.6 Å². The summed E-state index contributed by atoms with van der Waals surface area (Å²) in [5, 5.41) is 8.90. The first-order valence-electron chi connectivity index (χ1n) is 5.34. The van der Waals surface area contributed by atoms with E-state index in [0.717, 1.165) is 15.8 Å². The predicted octanol–water partition coefficient (Wildman–Crippen LogP) is 4.00. The van der Waals surface area contributed by atoms with Crippen molar-refractivity contribution in [3.05, 3.63) is 52.0 Å². The van der Waals surface area contributed by atoms with E-state index >= 15 is 0 Å². The van der Waals surface area contributed by atoms with Gasteiger partial charge in [-0.25, -0.2) is 0 Å². The molecule has 2 aromatic carbocycles. The Bertz CT molecular complexity index is 632. The topological polar surface area (TPSA) is 59.0 Å². The average molecular weight is 303 g/mol. The van der Waals surface area contributed by atoms with Crippen LogP contribution in [0, 0.1) is 18.3 Å². The summed E-state index contributed by atoms with van der Waals surface area (Å²) in [6.07, 6.45) is 0. The number of hydrogen-bond donors (Lipinski definition) is 1. The van der Waals surface area contributed by atoms with Crippen molar-refractivity contribution < 1.29 is 4.74 Å². The highest BCUT2D eigenvalue weighted by Gasteiger charge is 2.03. The van der Waals surface area contributed by atoms with Crippen LogP contribution in [0.5, 0.6) is 11.5 Å². The molecule has 2 rings (SSSR count). The fourth-order valence-electron chi connectivity index (χ4n) is 1.51. The molecule has 0 heterocycles. The Morgan fingerprint density at radius 3 is 2.50 bits per heavy atom. The first kappa shape index (κ1) is 12.5. The summed E-state index contributed by atoms with van der Waals surface area (Å²) >= 11 is 3.43. The number of anilines is 1. The number of nitrogens with two attached hydrogens (primary N) is 1. The number of nitrogen functional groups attached to an aromatic ring is 1. The number of aryl methyl sites for hydroxylation is 1. The summed E-state index contributed by atoms with van der Waals surface area (Å²) in [6.45, 7) is 1.99. The number of halogens is 1. The molecule has 0 fully saturated rings. The maximum atomic E-state index is 8.90. The number of nitrogens with zero attached hydrogens (tertiary/aromatic N) is 1. The standard InChI is InChI=1S/C14H11BrN2O/c1-9-6-11(2-4-13(9)15)18-12-3-5-14(17)10(7-12)8-16/h2-7H,17H2,1H3. The van der Waals surface area contributed by atoms with E-state index in [1.54, 1.807) is 18.2 Å². The lowest BCUT2D eigenvalue weighted by molar-refractivity contribution is 0.482. The molecule has 0 amide bonds. The molecule has 0 radical (unpaired) electrons. The largest absolute Gasteiger partial charge is 0.457 e. The van der Waals surface area contributed by atoms with Crippen molar-refractivity contribution in [3.63, 3.8) is 0 Å². The van der Waals surface area contributed by atoms with Crippen LogP contribution in [-0.4, -0.2) is 0 Å². The third-order valence-electron chi connectivity index (χ3n) is 2.51. The van der Waals surface area contributed by atoms with Crippen LogP contribution in [0.4, 0.5) is 5.69 Å². The molecular weight excluding hydrogens is 292 g/mol. The molecule has 90 valence electrons. The summed E-state index contributed by atoms with van der Waals surface area (Å²) in [4.78, 5) is 0. The Balaban J connectivity index is 2.29. The van der Waals surface area contributed by atoms with Crippen LogP contribution >= 0.6 is 15.9 Å². The highest BCUT2D eigenvalue weighted by Crippen LogP contribution is 2.27. The summed E-state index contributed by atoms with van der Waals surface area (Å²) in [5.74, 6) is 1.33. The molecule has 2 aromatic rings. The van der Waals surface area contributed by atoms with Crippen molar-refractivity contribution in [1.82, 2.24) is 0 Å². The molecule has 0 aliphatic rings. The third kappa shape index (κ3) is 2.63. The smallest absolute Gasteiger partial charge is 0.128 e. The zero-order valence-corrected chi connectivity index (χ0v) is 11.4. The van der Waals surface area contributed by atoms with E-state index in [2.05, 4.69) is 15.9 Å². The van der Waals surface area contributed by atoms with Crippen molar-refractivity contribution in [1.29, 1.82) is 5.26 Å². The van der Waals surface area contributed by atoms with Gasteiger partial charge in [0.2, 0.25) is 0 Å². The van der Waals surface area contributed by atoms with Crippen molar-refractivity contribution in [3.8, 4) is 17.6 Å². The Hall–Kier alpha value is -1.99. The maximum absolute atomic E-state index is 8.90. The summed E-state index contributed by atoms with van der Waals surface area (Å²) in [7, 11) is 0. The van der Waals surface area contributed by atoms with E-state index in [1.165, 1.54) is 0 Å². The molecule has 0 spiro atoms. The van der Waals surface area contributed by atoms with Gasteiger partial charge >= 0.3 is 0 Å². The normalized spacial score (nSPS) is 9.83. The molecule has 0 unspecified atom stereocenters. The third-order valence-corrected chi connectivity index (χ3v) is 3.40. The van der Waals surface area contributed by atoms with Gasteiger partial charge in [0.25, 0.3) is 0 Å². The molecule has 4 heteroatoms. The fraction of sp³-hybridized carbons (Fsp3) is 0.0714. The van der Waals surface area contributed by atoms with Gasteiger partial charge in [0.15, 0.2) is 0 Å². The Morgan fingerprint density at radius 2 is 1.83 bits per heavy atom. The SMILES string of the molecule is Cc1cc(Oc2ccc(N)c(C#N)c2)ccc1Br. The van der Waals surface area contributed by atoms with Gasteiger partial charge in [0.05, 0.1) is 5.56 Å². The molecule has 0 saturated heterocycles. The van der Waals surface area contributed by atoms with E-state index < -0.39 is 0 Å². The molecule has 2 N–H and O–H groups in total. The van der Waals surface area contributed by atoms with Crippen LogP contribution in [0.25, 0.3) is 0 Å². The first-order valence-corrected chi connectivity index (χ1v) is 6.13. The molecule has 0 saturated carbocycles. The van der Waals surface area contributed by atoms with Crippen LogP contribution in [-0.2, 0) is 0 Å².